The summed E-state index contributed by atoms with van der Waals surface area (Å²) < 4.78 is 4.85. The minimum absolute atomic E-state index is 0.230. The number of hydrogen-bond donors (Lipinski definition) is 0. The summed E-state index contributed by atoms with van der Waals surface area (Å²) in [5, 5.41) is 0.648. The van der Waals surface area contributed by atoms with Crippen LogP contribution in [0.5, 0.6) is 0 Å². The molecular weight excluding hydrogens is 228 g/mol. The smallest absolute Gasteiger partial charge is 0.320 e. The summed E-state index contributed by atoms with van der Waals surface area (Å²) in [6.07, 6.45) is 1.65. The van der Waals surface area contributed by atoms with Crippen molar-refractivity contribution in [2.45, 2.75) is 13.5 Å². The molecule has 0 saturated heterocycles. The number of halogens is 1. The monoisotopic (exact) mass is 242 g/mol. The molecule has 0 aliphatic heterocycles. The van der Waals surface area contributed by atoms with Crippen LogP contribution in [-0.4, -0.2) is 36.1 Å². The second-order valence-electron chi connectivity index (χ2n) is 3.44. The zero-order valence-corrected chi connectivity index (χ0v) is 10.2. The molecule has 0 amide bonds. The predicted octanol–water partition coefficient (Wildman–Crippen LogP) is 1.73. The van der Waals surface area contributed by atoms with Gasteiger partial charge in [-0.15, -0.1) is 0 Å². The number of likely N-dealkylation sites (N-methyl/N-ethyl adjacent to an activating group) is 1. The Labute approximate surface area is 100 Å². The summed E-state index contributed by atoms with van der Waals surface area (Å²) in [6.45, 7) is 3.01. The molecule has 16 heavy (non-hydrogen) atoms. The number of carbonyl (C=O) groups is 1. The largest absolute Gasteiger partial charge is 0.465 e. The first kappa shape index (κ1) is 12.9. The fourth-order valence-corrected chi connectivity index (χ4v) is 1.48. The molecule has 1 rings (SSSR count). The lowest BCUT2D eigenvalue weighted by Gasteiger charge is -2.14. The normalized spacial score (nSPS) is 10.5. The van der Waals surface area contributed by atoms with E-state index in [0.717, 1.165) is 5.69 Å². The fourth-order valence-electron chi connectivity index (χ4n) is 1.29. The van der Waals surface area contributed by atoms with Crippen molar-refractivity contribution >= 4 is 17.6 Å². The standard InChI is InChI=1S/C11H15ClN2O2/c1-3-16-11(15)8-14(2)7-10-6-9(12)4-5-13-10/h4-6H,3,7-8H2,1-2H3. The van der Waals surface area contributed by atoms with E-state index in [9.17, 15) is 4.79 Å². The molecule has 4 nitrogen and oxygen atoms in total. The molecule has 0 saturated carbocycles. The average Bonchev–Trinajstić information content (AvgIpc) is 2.17. The van der Waals surface area contributed by atoms with E-state index < -0.39 is 0 Å². The van der Waals surface area contributed by atoms with E-state index in [1.54, 1.807) is 25.3 Å². The molecule has 0 atom stereocenters. The van der Waals surface area contributed by atoms with Crippen LogP contribution < -0.4 is 0 Å². The van der Waals surface area contributed by atoms with Gasteiger partial charge in [0.1, 0.15) is 0 Å². The number of carbonyl (C=O) groups excluding carboxylic acids is 1. The third kappa shape index (κ3) is 4.59. The van der Waals surface area contributed by atoms with Crippen LogP contribution in [-0.2, 0) is 16.1 Å². The molecule has 1 aromatic heterocycles. The minimum Gasteiger partial charge on any atom is -0.465 e. The first-order chi connectivity index (χ1) is 7.61. The predicted molar refractivity (Wildman–Crippen MR) is 62.2 cm³/mol. The summed E-state index contributed by atoms with van der Waals surface area (Å²) in [5.41, 5.74) is 0.833. The van der Waals surface area contributed by atoms with Gasteiger partial charge in [0, 0.05) is 17.8 Å². The molecule has 5 heteroatoms. The molecule has 1 aromatic rings. The zero-order valence-electron chi connectivity index (χ0n) is 9.44. The second kappa shape index (κ2) is 6.45. The number of pyridine rings is 1. The van der Waals surface area contributed by atoms with Gasteiger partial charge in [-0.2, -0.15) is 0 Å². The van der Waals surface area contributed by atoms with Crippen molar-refractivity contribution in [1.82, 2.24) is 9.88 Å². The molecule has 0 spiro atoms. The highest BCUT2D eigenvalue weighted by Crippen LogP contribution is 2.09. The van der Waals surface area contributed by atoms with Crippen LogP contribution in [0.1, 0.15) is 12.6 Å². The molecule has 0 aromatic carbocycles. The molecule has 0 N–H and O–H groups in total. The van der Waals surface area contributed by atoms with Crippen LogP contribution >= 0.6 is 11.6 Å². The number of rotatable bonds is 5. The Bertz CT molecular complexity index is 358. The maximum atomic E-state index is 11.2. The maximum absolute atomic E-state index is 11.2. The summed E-state index contributed by atoms with van der Waals surface area (Å²) in [5.74, 6) is -0.230. The van der Waals surface area contributed by atoms with E-state index in [1.807, 2.05) is 11.9 Å². The molecule has 0 unspecified atom stereocenters. The van der Waals surface area contributed by atoms with Crippen molar-refractivity contribution in [3.8, 4) is 0 Å². The van der Waals surface area contributed by atoms with Crippen LogP contribution in [0.2, 0.25) is 5.02 Å². The van der Waals surface area contributed by atoms with E-state index in [-0.39, 0.29) is 12.5 Å². The summed E-state index contributed by atoms with van der Waals surface area (Å²) in [6, 6.07) is 3.50. The Kier molecular flexibility index (Phi) is 5.22. The fraction of sp³-hybridized carbons (Fsp3) is 0.455. The number of aromatic nitrogens is 1. The molecule has 0 fully saturated rings. The van der Waals surface area contributed by atoms with E-state index in [0.29, 0.717) is 18.2 Å². The Balaban J connectivity index is 2.45. The number of nitrogens with zero attached hydrogens (tertiary/aromatic N) is 2. The molecule has 1 heterocycles. The van der Waals surface area contributed by atoms with Gasteiger partial charge in [0.2, 0.25) is 0 Å². The van der Waals surface area contributed by atoms with Crippen molar-refractivity contribution < 1.29 is 9.53 Å². The van der Waals surface area contributed by atoms with Crippen LogP contribution in [0, 0.1) is 0 Å². The Morgan fingerprint density at radius 1 is 1.62 bits per heavy atom. The highest BCUT2D eigenvalue weighted by Gasteiger charge is 2.08. The van der Waals surface area contributed by atoms with E-state index >= 15 is 0 Å². The second-order valence-corrected chi connectivity index (χ2v) is 3.88. The Morgan fingerprint density at radius 3 is 3.00 bits per heavy atom. The summed E-state index contributed by atoms with van der Waals surface area (Å²) >= 11 is 5.83. The molecule has 0 bridgehead atoms. The van der Waals surface area contributed by atoms with Gasteiger partial charge >= 0.3 is 5.97 Å². The van der Waals surface area contributed by atoms with Crippen molar-refractivity contribution in [2.75, 3.05) is 20.2 Å². The lowest BCUT2D eigenvalue weighted by Crippen LogP contribution is -2.27. The molecule has 0 aliphatic carbocycles. The maximum Gasteiger partial charge on any atom is 0.320 e. The number of hydrogen-bond acceptors (Lipinski definition) is 4. The Morgan fingerprint density at radius 2 is 2.38 bits per heavy atom. The van der Waals surface area contributed by atoms with E-state index in [2.05, 4.69) is 4.98 Å². The van der Waals surface area contributed by atoms with Crippen LogP contribution in [0.4, 0.5) is 0 Å². The van der Waals surface area contributed by atoms with Gasteiger partial charge in [-0.3, -0.25) is 14.7 Å². The van der Waals surface area contributed by atoms with Crippen LogP contribution in [0.3, 0.4) is 0 Å². The van der Waals surface area contributed by atoms with Crippen molar-refractivity contribution in [1.29, 1.82) is 0 Å². The van der Waals surface area contributed by atoms with Gasteiger partial charge < -0.3 is 4.74 Å². The van der Waals surface area contributed by atoms with Gasteiger partial charge in [0.25, 0.3) is 0 Å². The van der Waals surface area contributed by atoms with E-state index in [1.165, 1.54) is 0 Å². The third-order valence-electron chi connectivity index (χ3n) is 1.91. The lowest BCUT2D eigenvalue weighted by molar-refractivity contribution is -0.144. The van der Waals surface area contributed by atoms with Crippen molar-refractivity contribution in [2.24, 2.45) is 0 Å². The number of ether oxygens (including phenoxy) is 1. The molecule has 0 aliphatic rings. The topological polar surface area (TPSA) is 42.4 Å². The third-order valence-corrected chi connectivity index (χ3v) is 2.15. The first-order valence-electron chi connectivity index (χ1n) is 5.06. The van der Waals surface area contributed by atoms with Crippen LogP contribution in [0.15, 0.2) is 18.3 Å². The van der Waals surface area contributed by atoms with Gasteiger partial charge in [0.15, 0.2) is 0 Å². The summed E-state index contributed by atoms with van der Waals surface area (Å²) in [7, 11) is 1.83. The van der Waals surface area contributed by atoms with Gasteiger partial charge in [-0.25, -0.2) is 0 Å². The quantitative estimate of drug-likeness (QED) is 0.738. The molecule has 88 valence electrons. The van der Waals surface area contributed by atoms with E-state index in [4.69, 9.17) is 16.3 Å². The lowest BCUT2D eigenvalue weighted by atomic mass is 10.3. The highest BCUT2D eigenvalue weighted by molar-refractivity contribution is 6.30. The van der Waals surface area contributed by atoms with Gasteiger partial charge in [-0.1, -0.05) is 11.6 Å². The minimum atomic E-state index is -0.230. The first-order valence-corrected chi connectivity index (χ1v) is 5.44. The number of esters is 1. The highest BCUT2D eigenvalue weighted by atomic mass is 35.5. The average molecular weight is 243 g/mol. The molecule has 0 radical (unpaired) electrons. The van der Waals surface area contributed by atoms with Crippen LogP contribution in [0.25, 0.3) is 0 Å². The molecular formula is C11H15ClN2O2. The zero-order chi connectivity index (χ0) is 12.0. The van der Waals surface area contributed by atoms with Gasteiger partial charge in [0.05, 0.1) is 18.8 Å². The van der Waals surface area contributed by atoms with Crippen molar-refractivity contribution in [3.63, 3.8) is 0 Å². The SMILES string of the molecule is CCOC(=O)CN(C)Cc1cc(Cl)ccn1. The van der Waals surface area contributed by atoms with Gasteiger partial charge in [-0.05, 0) is 26.1 Å². The Hall–Kier alpha value is -1.13. The summed E-state index contributed by atoms with van der Waals surface area (Å²) in [4.78, 5) is 17.2. The van der Waals surface area contributed by atoms with Crippen molar-refractivity contribution in [3.05, 3.63) is 29.0 Å².